The number of rotatable bonds is 2. The zero-order valence-corrected chi connectivity index (χ0v) is 15.5. The van der Waals surface area contributed by atoms with Crippen molar-refractivity contribution >= 4 is 23.3 Å². The Morgan fingerprint density at radius 3 is 2.77 bits per heavy atom. The summed E-state index contributed by atoms with van der Waals surface area (Å²) in [5.74, 6) is 0.493. The standard InChI is InChI=1S/C19H18ClN5O/c1-11-8-14(6-7-21-11)15-9-22-25-12(2)10-24(19(26)18(15)25)17-5-4-16(20)13(3)23-17/h4-9,12H,10H2,1-3H3/t12-/m0/s1. The van der Waals surface area contributed by atoms with Crippen molar-refractivity contribution in [1.29, 1.82) is 0 Å². The van der Waals surface area contributed by atoms with Crippen molar-refractivity contribution in [3.8, 4) is 11.1 Å². The fraction of sp³-hybridized carbons (Fsp3) is 0.263. The third kappa shape index (κ3) is 2.66. The van der Waals surface area contributed by atoms with E-state index in [0.29, 0.717) is 28.8 Å². The Morgan fingerprint density at radius 1 is 1.23 bits per heavy atom. The number of halogens is 1. The molecule has 0 N–H and O–H groups in total. The molecule has 26 heavy (non-hydrogen) atoms. The molecule has 7 heteroatoms. The SMILES string of the molecule is Cc1cc(-c2cnn3c2C(=O)N(c2ccc(Cl)c(C)n2)C[C@@H]3C)ccn1. The molecule has 3 aromatic rings. The number of pyridine rings is 2. The molecule has 1 atom stereocenters. The van der Waals surface area contributed by atoms with E-state index in [1.54, 1.807) is 34.1 Å². The van der Waals surface area contributed by atoms with E-state index in [1.807, 2.05) is 32.9 Å². The van der Waals surface area contributed by atoms with Gasteiger partial charge in [-0.25, -0.2) is 4.98 Å². The second-order valence-corrected chi connectivity index (χ2v) is 6.95. The van der Waals surface area contributed by atoms with Crippen LogP contribution in [-0.2, 0) is 0 Å². The average Bonchev–Trinajstić information content (AvgIpc) is 3.06. The minimum atomic E-state index is -0.112. The molecule has 0 bridgehead atoms. The number of fused-ring (bicyclic) bond motifs is 1. The topological polar surface area (TPSA) is 63.9 Å². The summed E-state index contributed by atoms with van der Waals surface area (Å²) < 4.78 is 1.80. The Kier molecular flexibility index (Phi) is 4.00. The first-order valence-electron chi connectivity index (χ1n) is 8.41. The van der Waals surface area contributed by atoms with Gasteiger partial charge in [0, 0.05) is 24.0 Å². The van der Waals surface area contributed by atoms with Crippen LogP contribution in [0.3, 0.4) is 0 Å². The van der Waals surface area contributed by atoms with Crippen LogP contribution in [0.15, 0.2) is 36.7 Å². The maximum atomic E-state index is 13.3. The van der Waals surface area contributed by atoms with Gasteiger partial charge < -0.3 is 0 Å². The van der Waals surface area contributed by atoms with Crippen molar-refractivity contribution in [3.05, 3.63) is 58.8 Å². The van der Waals surface area contributed by atoms with Crippen LogP contribution in [0.2, 0.25) is 5.02 Å². The minimum Gasteiger partial charge on any atom is -0.289 e. The molecule has 0 saturated carbocycles. The van der Waals surface area contributed by atoms with E-state index < -0.39 is 0 Å². The second kappa shape index (κ2) is 6.21. The quantitative estimate of drug-likeness (QED) is 0.690. The molecule has 4 rings (SSSR count). The summed E-state index contributed by atoms with van der Waals surface area (Å²) in [6.07, 6.45) is 3.50. The Bertz CT molecular complexity index is 1010. The molecule has 0 unspecified atom stereocenters. The van der Waals surface area contributed by atoms with Gasteiger partial charge in [0.1, 0.15) is 11.5 Å². The van der Waals surface area contributed by atoms with Gasteiger partial charge in [0.25, 0.3) is 5.91 Å². The predicted octanol–water partition coefficient (Wildman–Crippen LogP) is 3.83. The predicted molar refractivity (Wildman–Crippen MR) is 101 cm³/mol. The van der Waals surface area contributed by atoms with E-state index in [0.717, 1.165) is 16.8 Å². The summed E-state index contributed by atoms with van der Waals surface area (Å²) >= 11 is 6.08. The Morgan fingerprint density at radius 2 is 2.04 bits per heavy atom. The number of aromatic nitrogens is 4. The molecule has 132 valence electrons. The molecule has 3 aromatic heterocycles. The molecule has 6 nitrogen and oxygen atoms in total. The van der Waals surface area contributed by atoms with Gasteiger partial charge in [-0.2, -0.15) is 5.10 Å². The fourth-order valence-corrected chi connectivity index (χ4v) is 3.37. The first kappa shape index (κ1) is 16.7. The summed E-state index contributed by atoms with van der Waals surface area (Å²) in [6.45, 7) is 6.31. The molecular formula is C19H18ClN5O. The minimum absolute atomic E-state index is 0.0390. The van der Waals surface area contributed by atoms with Crippen LogP contribution in [0, 0.1) is 13.8 Å². The number of hydrogen-bond donors (Lipinski definition) is 0. The van der Waals surface area contributed by atoms with Crippen molar-refractivity contribution in [2.75, 3.05) is 11.4 Å². The van der Waals surface area contributed by atoms with Crippen LogP contribution in [0.5, 0.6) is 0 Å². The number of amides is 1. The van der Waals surface area contributed by atoms with Gasteiger partial charge in [0.15, 0.2) is 0 Å². The van der Waals surface area contributed by atoms with Crippen LogP contribution in [-0.4, -0.2) is 32.2 Å². The van der Waals surface area contributed by atoms with Crippen LogP contribution in [0.4, 0.5) is 5.82 Å². The van der Waals surface area contributed by atoms with Crippen LogP contribution < -0.4 is 4.90 Å². The summed E-state index contributed by atoms with van der Waals surface area (Å²) in [6, 6.07) is 7.45. The molecule has 0 spiro atoms. The van der Waals surface area contributed by atoms with E-state index in [4.69, 9.17) is 11.6 Å². The molecule has 1 aliphatic rings. The van der Waals surface area contributed by atoms with Gasteiger partial charge in [-0.1, -0.05) is 11.6 Å². The highest BCUT2D eigenvalue weighted by Gasteiger charge is 2.34. The monoisotopic (exact) mass is 367 g/mol. The molecule has 1 amide bonds. The summed E-state index contributed by atoms with van der Waals surface area (Å²) in [7, 11) is 0. The van der Waals surface area contributed by atoms with Gasteiger partial charge in [0.2, 0.25) is 0 Å². The summed E-state index contributed by atoms with van der Waals surface area (Å²) in [5.41, 5.74) is 3.91. The number of hydrogen-bond acceptors (Lipinski definition) is 4. The summed E-state index contributed by atoms with van der Waals surface area (Å²) in [5, 5.41) is 5.05. The maximum Gasteiger partial charge on any atom is 0.278 e. The van der Waals surface area contributed by atoms with Gasteiger partial charge in [0.05, 0.1) is 23.0 Å². The molecule has 0 fully saturated rings. The van der Waals surface area contributed by atoms with Gasteiger partial charge in [-0.3, -0.25) is 19.4 Å². The van der Waals surface area contributed by atoms with Crippen LogP contribution >= 0.6 is 11.6 Å². The molecule has 4 heterocycles. The largest absolute Gasteiger partial charge is 0.289 e. The van der Waals surface area contributed by atoms with Crippen molar-refractivity contribution in [3.63, 3.8) is 0 Å². The Labute approximate surface area is 156 Å². The zero-order chi connectivity index (χ0) is 18.4. The van der Waals surface area contributed by atoms with Crippen molar-refractivity contribution in [2.24, 2.45) is 0 Å². The van der Waals surface area contributed by atoms with Crippen molar-refractivity contribution in [2.45, 2.75) is 26.8 Å². The van der Waals surface area contributed by atoms with Crippen molar-refractivity contribution in [1.82, 2.24) is 19.7 Å². The maximum absolute atomic E-state index is 13.3. The lowest BCUT2D eigenvalue weighted by Gasteiger charge is -2.31. The molecule has 0 radical (unpaired) electrons. The zero-order valence-electron chi connectivity index (χ0n) is 14.8. The van der Waals surface area contributed by atoms with E-state index >= 15 is 0 Å². The number of carbonyl (C=O) groups is 1. The summed E-state index contributed by atoms with van der Waals surface area (Å²) in [4.78, 5) is 23.7. The lowest BCUT2D eigenvalue weighted by Crippen LogP contribution is -2.43. The van der Waals surface area contributed by atoms with Gasteiger partial charge in [-0.15, -0.1) is 0 Å². The number of carbonyl (C=O) groups excluding carboxylic acids is 1. The van der Waals surface area contributed by atoms with E-state index in [2.05, 4.69) is 15.1 Å². The smallest absolute Gasteiger partial charge is 0.278 e. The van der Waals surface area contributed by atoms with Gasteiger partial charge >= 0.3 is 0 Å². The molecule has 0 aliphatic carbocycles. The molecule has 0 saturated heterocycles. The highest BCUT2D eigenvalue weighted by molar-refractivity contribution is 6.31. The molecule has 0 aromatic carbocycles. The van der Waals surface area contributed by atoms with E-state index in [1.165, 1.54) is 0 Å². The van der Waals surface area contributed by atoms with E-state index in [-0.39, 0.29) is 11.9 Å². The number of aryl methyl sites for hydroxylation is 2. The van der Waals surface area contributed by atoms with Crippen molar-refractivity contribution < 1.29 is 4.79 Å². The Hall–Kier alpha value is -2.73. The Balaban J connectivity index is 1.82. The third-order valence-electron chi connectivity index (χ3n) is 4.60. The molecular weight excluding hydrogens is 350 g/mol. The normalized spacial score (nSPS) is 16.7. The highest BCUT2D eigenvalue weighted by Crippen LogP contribution is 2.32. The fourth-order valence-electron chi connectivity index (χ4n) is 3.26. The first-order chi connectivity index (χ1) is 12.5. The van der Waals surface area contributed by atoms with Crippen LogP contribution in [0.25, 0.3) is 11.1 Å². The highest BCUT2D eigenvalue weighted by atomic mass is 35.5. The third-order valence-corrected chi connectivity index (χ3v) is 5.00. The first-order valence-corrected chi connectivity index (χ1v) is 8.79. The number of anilines is 1. The lowest BCUT2D eigenvalue weighted by atomic mass is 10.0. The average molecular weight is 368 g/mol. The molecule has 1 aliphatic heterocycles. The van der Waals surface area contributed by atoms with E-state index in [9.17, 15) is 4.79 Å². The number of nitrogens with zero attached hydrogens (tertiary/aromatic N) is 5. The van der Waals surface area contributed by atoms with Gasteiger partial charge in [-0.05, 0) is 50.6 Å². The lowest BCUT2D eigenvalue weighted by molar-refractivity contribution is 0.0953. The second-order valence-electron chi connectivity index (χ2n) is 6.54. The van der Waals surface area contributed by atoms with Crippen LogP contribution in [0.1, 0.15) is 34.8 Å².